The fourth-order valence-corrected chi connectivity index (χ4v) is 4.87. The lowest BCUT2D eigenvalue weighted by molar-refractivity contribution is -0.138. The van der Waals surface area contributed by atoms with Gasteiger partial charge in [-0.1, -0.05) is 30.4 Å². The van der Waals surface area contributed by atoms with Crippen LogP contribution in [0.2, 0.25) is 0 Å². The number of unbranched alkanes of at least 4 members (excludes halogenated alkanes) is 1. The second-order valence-electron chi connectivity index (χ2n) is 8.10. The SMILES string of the molecule is O=C[C@@H]1CCCN1C(=O)[C@H]1NCC(=S)C1C(=O)CCCCc1cc2ccccc2o1. The van der Waals surface area contributed by atoms with Crippen LogP contribution in [0, 0.1) is 5.92 Å². The van der Waals surface area contributed by atoms with Gasteiger partial charge in [-0.3, -0.25) is 9.59 Å². The summed E-state index contributed by atoms with van der Waals surface area (Å²) >= 11 is 5.40. The fourth-order valence-electron chi connectivity index (χ4n) is 4.52. The molecule has 1 aromatic heterocycles. The first-order valence-corrected chi connectivity index (χ1v) is 11.0. The highest BCUT2D eigenvalue weighted by Crippen LogP contribution is 2.25. The van der Waals surface area contributed by atoms with Crippen LogP contribution >= 0.6 is 12.2 Å². The number of carbonyl (C=O) groups is 3. The van der Waals surface area contributed by atoms with Crippen LogP contribution in [0.25, 0.3) is 11.0 Å². The van der Waals surface area contributed by atoms with E-state index in [0.29, 0.717) is 30.8 Å². The van der Waals surface area contributed by atoms with Gasteiger partial charge >= 0.3 is 0 Å². The van der Waals surface area contributed by atoms with Gasteiger partial charge in [0.15, 0.2) is 0 Å². The highest BCUT2D eigenvalue weighted by Gasteiger charge is 2.44. The smallest absolute Gasteiger partial charge is 0.241 e. The number of fused-ring (bicyclic) bond motifs is 1. The number of thiocarbonyl (C=S) groups is 1. The van der Waals surface area contributed by atoms with E-state index in [1.807, 2.05) is 30.3 Å². The molecule has 158 valence electrons. The molecule has 1 amide bonds. The molecule has 4 rings (SSSR count). The molecule has 1 unspecified atom stereocenters. The molecular formula is C23H26N2O4S. The van der Waals surface area contributed by atoms with Crippen LogP contribution in [0.4, 0.5) is 0 Å². The van der Waals surface area contributed by atoms with E-state index in [1.165, 1.54) is 0 Å². The molecule has 2 aliphatic rings. The van der Waals surface area contributed by atoms with Gasteiger partial charge in [0.1, 0.15) is 29.5 Å². The molecular weight excluding hydrogens is 400 g/mol. The zero-order chi connectivity index (χ0) is 21.1. The average molecular weight is 427 g/mol. The number of likely N-dealkylation sites (tertiary alicyclic amines) is 1. The molecule has 6 nitrogen and oxygen atoms in total. The van der Waals surface area contributed by atoms with Crippen LogP contribution in [0.1, 0.15) is 37.9 Å². The molecule has 0 spiro atoms. The van der Waals surface area contributed by atoms with Crippen LogP contribution in [-0.4, -0.2) is 52.9 Å². The zero-order valence-electron chi connectivity index (χ0n) is 16.8. The Bertz CT molecular complexity index is 936. The first-order valence-electron chi connectivity index (χ1n) is 10.6. The molecule has 1 N–H and O–H groups in total. The maximum absolute atomic E-state index is 13.0. The minimum atomic E-state index is -0.638. The average Bonchev–Trinajstić information content (AvgIpc) is 3.47. The standard InChI is InChI=1S/C23H26N2O4S/c26-14-16-7-5-11-25(16)23(28)22-21(20(30)13-24-22)18(27)9-3-2-8-17-12-15-6-1-4-10-19(15)29-17/h1,4,6,10,12,14,16,21-22,24H,2-3,5,7-9,11,13H2/t16-,21?,22-/m0/s1. The lowest BCUT2D eigenvalue weighted by Crippen LogP contribution is -2.50. The van der Waals surface area contributed by atoms with Crippen LogP contribution in [-0.2, 0) is 20.8 Å². The van der Waals surface area contributed by atoms with Crippen LogP contribution in [0.15, 0.2) is 34.7 Å². The van der Waals surface area contributed by atoms with E-state index >= 15 is 0 Å². The maximum atomic E-state index is 13.0. The Morgan fingerprint density at radius 1 is 1.27 bits per heavy atom. The topological polar surface area (TPSA) is 79.6 Å². The maximum Gasteiger partial charge on any atom is 0.241 e. The van der Waals surface area contributed by atoms with E-state index < -0.39 is 12.0 Å². The number of Topliss-reactive ketones (excluding diaryl/α,β-unsaturated/α-hetero) is 1. The number of furan rings is 1. The summed E-state index contributed by atoms with van der Waals surface area (Å²) in [5, 5.41) is 4.19. The van der Waals surface area contributed by atoms with Gasteiger partial charge in [0.05, 0.1) is 12.0 Å². The molecule has 0 aliphatic carbocycles. The van der Waals surface area contributed by atoms with E-state index in [2.05, 4.69) is 5.32 Å². The number of carbonyl (C=O) groups excluding carboxylic acids is 3. The van der Waals surface area contributed by atoms with Gasteiger partial charge in [-0.15, -0.1) is 0 Å². The Morgan fingerprint density at radius 3 is 2.90 bits per heavy atom. The lowest BCUT2D eigenvalue weighted by Gasteiger charge is -2.26. The highest BCUT2D eigenvalue weighted by atomic mass is 32.1. The van der Waals surface area contributed by atoms with Crippen LogP contribution in [0.5, 0.6) is 0 Å². The molecule has 0 saturated carbocycles. The van der Waals surface area contributed by atoms with Crippen molar-refractivity contribution in [2.45, 2.75) is 50.6 Å². The third-order valence-corrected chi connectivity index (χ3v) is 6.50. The first-order chi connectivity index (χ1) is 14.6. The Morgan fingerprint density at radius 2 is 2.10 bits per heavy atom. The van der Waals surface area contributed by atoms with E-state index in [1.54, 1.807) is 4.90 Å². The van der Waals surface area contributed by atoms with Crippen molar-refractivity contribution in [3.63, 3.8) is 0 Å². The summed E-state index contributed by atoms with van der Waals surface area (Å²) in [5.74, 6) is 0.176. The van der Waals surface area contributed by atoms with E-state index in [4.69, 9.17) is 16.6 Å². The number of para-hydroxylation sites is 1. The molecule has 2 aromatic rings. The molecule has 2 fully saturated rings. The first kappa shape index (κ1) is 20.9. The normalized spacial score (nSPS) is 23.9. The summed E-state index contributed by atoms with van der Waals surface area (Å²) in [7, 11) is 0. The molecule has 3 atom stereocenters. The van der Waals surface area contributed by atoms with Crippen molar-refractivity contribution in [1.82, 2.24) is 10.2 Å². The second-order valence-corrected chi connectivity index (χ2v) is 8.63. The summed E-state index contributed by atoms with van der Waals surface area (Å²) in [4.78, 5) is 39.3. The number of hydrogen-bond acceptors (Lipinski definition) is 6. The molecule has 1 aromatic carbocycles. The van der Waals surface area contributed by atoms with Gasteiger partial charge < -0.3 is 19.4 Å². The predicted octanol–water partition coefficient (Wildman–Crippen LogP) is 2.86. The number of rotatable bonds is 8. The number of aryl methyl sites for hydroxylation is 1. The number of hydrogen-bond donors (Lipinski definition) is 1. The summed E-state index contributed by atoms with van der Waals surface area (Å²) in [6, 6.07) is 8.92. The molecule has 3 heterocycles. The molecule has 0 bridgehead atoms. The van der Waals surface area contributed by atoms with Crippen molar-refractivity contribution in [1.29, 1.82) is 0 Å². The Kier molecular flexibility index (Phi) is 6.39. The zero-order valence-corrected chi connectivity index (χ0v) is 17.7. The number of amides is 1. The van der Waals surface area contributed by atoms with Gasteiger partial charge in [-0.2, -0.15) is 0 Å². The highest BCUT2D eigenvalue weighted by molar-refractivity contribution is 7.80. The van der Waals surface area contributed by atoms with Crippen molar-refractivity contribution in [3.05, 3.63) is 36.1 Å². The van der Waals surface area contributed by atoms with Gasteiger partial charge in [0.2, 0.25) is 5.91 Å². The molecule has 30 heavy (non-hydrogen) atoms. The van der Waals surface area contributed by atoms with Crippen molar-refractivity contribution in [2.75, 3.05) is 13.1 Å². The second kappa shape index (κ2) is 9.18. The van der Waals surface area contributed by atoms with Gasteiger partial charge in [-0.25, -0.2) is 0 Å². The Hall–Kier alpha value is -2.38. The number of ketones is 1. The summed E-state index contributed by atoms with van der Waals surface area (Å²) in [6.45, 7) is 0.951. The molecule has 7 heteroatoms. The number of aldehydes is 1. The summed E-state index contributed by atoms with van der Waals surface area (Å²) in [5.41, 5.74) is 0.878. The van der Waals surface area contributed by atoms with E-state index in [9.17, 15) is 14.4 Å². The lowest BCUT2D eigenvalue weighted by atomic mass is 9.91. The fraction of sp³-hybridized carbons (Fsp3) is 0.478. The molecule has 2 aliphatic heterocycles. The summed E-state index contributed by atoms with van der Waals surface area (Å²) in [6.07, 6.45) is 5.03. The van der Waals surface area contributed by atoms with Crippen molar-refractivity contribution in [2.24, 2.45) is 5.92 Å². The number of benzene rings is 1. The van der Waals surface area contributed by atoms with Gasteiger partial charge in [0, 0.05) is 36.2 Å². The van der Waals surface area contributed by atoms with E-state index in [-0.39, 0.29) is 17.7 Å². The quantitative estimate of drug-likeness (QED) is 0.397. The van der Waals surface area contributed by atoms with Gasteiger partial charge in [0.25, 0.3) is 0 Å². The van der Waals surface area contributed by atoms with Gasteiger partial charge in [-0.05, 0) is 37.8 Å². The largest absolute Gasteiger partial charge is 0.461 e. The van der Waals surface area contributed by atoms with Crippen molar-refractivity contribution in [3.8, 4) is 0 Å². The van der Waals surface area contributed by atoms with E-state index in [0.717, 1.165) is 48.7 Å². The molecule has 2 saturated heterocycles. The minimum absolute atomic E-state index is 0.00908. The van der Waals surface area contributed by atoms with Crippen molar-refractivity contribution < 1.29 is 18.8 Å². The Labute approximate surface area is 181 Å². The predicted molar refractivity (Wildman–Crippen MR) is 117 cm³/mol. The van der Waals surface area contributed by atoms with Crippen molar-refractivity contribution >= 4 is 46.0 Å². The number of nitrogens with one attached hydrogen (secondary N) is 1. The number of nitrogens with zero attached hydrogens (tertiary/aromatic N) is 1. The Balaban J connectivity index is 1.31. The third-order valence-electron chi connectivity index (χ3n) is 6.10. The third kappa shape index (κ3) is 4.23. The van der Waals surface area contributed by atoms with Crippen LogP contribution < -0.4 is 5.32 Å². The summed E-state index contributed by atoms with van der Waals surface area (Å²) < 4.78 is 5.82. The monoisotopic (exact) mass is 426 g/mol. The van der Waals surface area contributed by atoms with Crippen LogP contribution in [0.3, 0.4) is 0 Å². The minimum Gasteiger partial charge on any atom is -0.461 e. The molecule has 0 radical (unpaired) electrons.